The Bertz CT molecular complexity index is 623. The summed E-state index contributed by atoms with van der Waals surface area (Å²) in [5.41, 5.74) is 5.69. The van der Waals surface area contributed by atoms with Crippen molar-refractivity contribution in [3.63, 3.8) is 0 Å². The monoisotopic (exact) mass is 345 g/mol. The lowest BCUT2D eigenvalue weighted by Gasteiger charge is -2.08. The quantitative estimate of drug-likeness (QED) is 0.606. The molecule has 0 saturated heterocycles. The first-order valence-electron chi connectivity index (χ1n) is 5.28. The minimum Gasteiger partial charge on any atom is -0.398 e. The Morgan fingerprint density at radius 1 is 1.47 bits per heavy atom. The molecule has 0 fully saturated rings. The Labute approximate surface area is 119 Å². The number of anilines is 1. The second-order valence-electron chi connectivity index (χ2n) is 3.70. The third-order valence-electron chi connectivity index (χ3n) is 2.19. The molecule has 0 aliphatic rings. The maximum absolute atomic E-state index is 12.0. The summed E-state index contributed by atoms with van der Waals surface area (Å²) in [5.74, 6) is -1.35. The molecule has 1 aromatic rings. The summed E-state index contributed by atoms with van der Waals surface area (Å²) in [6.07, 6.45) is 0.130. The highest BCUT2D eigenvalue weighted by atomic mass is 79.9. The van der Waals surface area contributed by atoms with Crippen molar-refractivity contribution in [3.8, 4) is 6.07 Å². The zero-order chi connectivity index (χ0) is 14.5. The maximum atomic E-state index is 12.0. The van der Waals surface area contributed by atoms with Crippen LogP contribution in [-0.4, -0.2) is 26.6 Å². The maximum Gasteiger partial charge on any atom is 0.235 e. The van der Waals surface area contributed by atoms with Gasteiger partial charge in [-0.25, -0.2) is 8.42 Å². The summed E-state index contributed by atoms with van der Waals surface area (Å²) in [6.45, 7) is 0.124. The van der Waals surface area contributed by atoms with Gasteiger partial charge < -0.3 is 11.1 Å². The molecule has 1 aromatic carbocycles. The second-order valence-corrected chi connectivity index (χ2v) is 6.57. The third-order valence-corrected chi connectivity index (χ3v) is 4.35. The van der Waals surface area contributed by atoms with Crippen LogP contribution in [0.1, 0.15) is 6.42 Å². The van der Waals surface area contributed by atoms with Gasteiger partial charge in [-0.15, -0.1) is 0 Å². The molecule has 0 heterocycles. The molecular formula is C11H12BrN3O3S. The number of nitriles is 1. The van der Waals surface area contributed by atoms with Gasteiger partial charge in [-0.05, 0) is 18.2 Å². The molecule has 0 bridgehead atoms. The van der Waals surface area contributed by atoms with Crippen LogP contribution in [0.15, 0.2) is 27.6 Å². The van der Waals surface area contributed by atoms with Crippen LogP contribution in [0.3, 0.4) is 0 Å². The van der Waals surface area contributed by atoms with E-state index in [2.05, 4.69) is 21.2 Å². The predicted molar refractivity (Wildman–Crippen MR) is 73.8 cm³/mol. The molecule has 0 atom stereocenters. The number of rotatable bonds is 5. The van der Waals surface area contributed by atoms with E-state index in [1.54, 1.807) is 6.07 Å². The summed E-state index contributed by atoms with van der Waals surface area (Å²) < 4.78 is 24.6. The van der Waals surface area contributed by atoms with Crippen molar-refractivity contribution >= 4 is 37.4 Å². The number of sulfone groups is 1. The third kappa shape index (κ3) is 4.54. The van der Waals surface area contributed by atoms with Crippen LogP contribution in [0.5, 0.6) is 0 Å². The minimum atomic E-state index is -3.80. The summed E-state index contributed by atoms with van der Waals surface area (Å²) in [5, 5.41) is 10.7. The number of halogens is 1. The van der Waals surface area contributed by atoms with Crippen molar-refractivity contribution in [1.82, 2.24) is 5.32 Å². The van der Waals surface area contributed by atoms with Crippen LogP contribution in [0.2, 0.25) is 0 Å². The highest BCUT2D eigenvalue weighted by Crippen LogP contribution is 2.23. The summed E-state index contributed by atoms with van der Waals surface area (Å²) in [4.78, 5) is 11.4. The fourth-order valence-corrected chi connectivity index (χ4v) is 3.19. The normalized spacial score (nSPS) is 10.7. The van der Waals surface area contributed by atoms with E-state index in [1.807, 2.05) is 6.07 Å². The fourth-order valence-electron chi connectivity index (χ4n) is 1.34. The van der Waals surface area contributed by atoms with Gasteiger partial charge >= 0.3 is 0 Å². The number of nitrogens with two attached hydrogens (primary N) is 1. The predicted octanol–water partition coefficient (Wildman–Crippen LogP) is 0.835. The summed E-state index contributed by atoms with van der Waals surface area (Å²) in [6, 6.07) is 6.26. The highest BCUT2D eigenvalue weighted by Gasteiger charge is 2.21. The van der Waals surface area contributed by atoms with E-state index in [-0.39, 0.29) is 23.5 Å². The Morgan fingerprint density at radius 3 is 2.79 bits per heavy atom. The number of carbonyl (C=O) groups is 1. The standard InChI is InChI=1S/C11H12BrN3O3S/c12-8-2-3-9(14)10(6-8)19(17,18)7-11(16)15-5-1-4-13/h2-3,6H,1,5,7,14H2,(H,15,16). The number of nitrogens with one attached hydrogen (secondary N) is 1. The smallest absolute Gasteiger partial charge is 0.235 e. The minimum absolute atomic E-state index is 0.0858. The number of nitrogen functional groups attached to an aromatic ring is 1. The average molecular weight is 346 g/mol. The Kier molecular flexibility index (Phi) is 5.32. The molecule has 1 rings (SSSR count). The fraction of sp³-hybridized carbons (Fsp3) is 0.273. The zero-order valence-electron chi connectivity index (χ0n) is 9.89. The summed E-state index contributed by atoms with van der Waals surface area (Å²) in [7, 11) is -3.80. The van der Waals surface area contributed by atoms with Crippen LogP contribution < -0.4 is 11.1 Å². The average Bonchev–Trinajstić information content (AvgIpc) is 2.32. The molecule has 0 saturated carbocycles. The van der Waals surface area contributed by atoms with E-state index in [1.165, 1.54) is 12.1 Å². The van der Waals surface area contributed by atoms with E-state index in [0.29, 0.717) is 4.47 Å². The molecule has 1 amide bonds. The van der Waals surface area contributed by atoms with Gasteiger partial charge in [-0.3, -0.25) is 4.79 Å². The Morgan fingerprint density at radius 2 is 2.16 bits per heavy atom. The first kappa shape index (κ1) is 15.5. The molecule has 0 aliphatic carbocycles. The number of carbonyl (C=O) groups excluding carboxylic acids is 1. The van der Waals surface area contributed by atoms with Crippen LogP contribution >= 0.6 is 15.9 Å². The largest absolute Gasteiger partial charge is 0.398 e. The van der Waals surface area contributed by atoms with Crippen molar-refractivity contribution in [2.24, 2.45) is 0 Å². The van der Waals surface area contributed by atoms with Crippen molar-refractivity contribution in [2.75, 3.05) is 18.0 Å². The lowest BCUT2D eigenvalue weighted by Crippen LogP contribution is -2.31. The molecule has 0 aliphatic heterocycles. The zero-order valence-corrected chi connectivity index (χ0v) is 12.3. The van der Waals surface area contributed by atoms with Crippen molar-refractivity contribution in [2.45, 2.75) is 11.3 Å². The Hall–Kier alpha value is -1.59. The number of hydrogen-bond acceptors (Lipinski definition) is 5. The SMILES string of the molecule is N#CCCNC(=O)CS(=O)(=O)c1cc(Br)ccc1N. The lowest BCUT2D eigenvalue weighted by molar-refractivity contribution is -0.118. The molecular weight excluding hydrogens is 334 g/mol. The van der Waals surface area contributed by atoms with Crippen molar-refractivity contribution in [3.05, 3.63) is 22.7 Å². The molecule has 0 spiro atoms. The molecule has 8 heteroatoms. The molecule has 6 nitrogen and oxygen atoms in total. The molecule has 102 valence electrons. The number of hydrogen-bond donors (Lipinski definition) is 2. The first-order chi connectivity index (χ1) is 8.86. The second kappa shape index (κ2) is 6.54. The van der Waals surface area contributed by atoms with Gasteiger partial charge in [0.05, 0.1) is 23.1 Å². The topological polar surface area (TPSA) is 113 Å². The van der Waals surface area contributed by atoms with Crippen LogP contribution in [0.25, 0.3) is 0 Å². The molecule has 0 radical (unpaired) electrons. The van der Waals surface area contributed by atoms with Gasteiger partial charge in [0, 0.05) is 11.0 Å². The molecule has 0 aromatic heterocycles. The van der Waals surface area contributed by atoms with Gasteiger partial charge in [-0.2, -0.15) is 5.26 Å². The van der Waals surface area contributed by atoms with E-state index in [0.717, 1.165) is 0 Å². The van der Waals surface area contributed by atoms with Gasteiger partial charge in [-0.1, -0.05) is 15.9 Å². The molecule has 0 unspecified atom stereocenters. The van der Waals surface area contributed by atoms with Gasteiger partial charge in [0.25, 0.3) is 0 Å². The van der Waals surface area contributed by atoms with Crippen LogP contribution in [0, 0.1) is 11.3 Å². The van der Waals surface area contributed by atoms with Crippen LogP contribution in [-0.2, 0) is 14.6 Å². The number of nitrogens with zero attached hydrogens (tertiary/aromatic N) is 1. The van der Waals surface area contributed by atoms with Gasteiger partial charge in [0.15, 0.2) is 9.84 Å². The van der Waals surface area contributed by atoms with Crippen molar-refractivity contribution in [1.29, 1.82) is 5.26 Å². The van der Waals surface area contributed by atoms with E-state index in [9.17, 15) is 13.2 Å². The number of benzene rings is 1. The van der Waals surface area contributed by atoms with E-state index >= 15 is 0 Å². The first-order valence-corrected chi connectivity index (χ1v) is 7.73. The van der Waals surface area contributed by atoms with Gasteiger partial charge in [0.2, 0.25) is 5.91 Å². The Balaban J connectivity index is 2.84. The number of amides is 1. The lowest BCUT2D eigenvalue weighted by atomic mass is 10.3. The molecule has 19 heavy (non-hydrogen) atoms. The highest BCUT2D eigenvalue weighted by molar-refractivity contribution is 9.10. The van der Waals surface area contributed by atoms with E-state index in [4.69, 9.17) is 11.0 Å². The van der Waals surface area contributed by atoms with Crippen molar-refractivity contribution < 1.29 is 13.2 Å². The summed E-state index contributed by atoms with van der Waals surface area (Å²) >= 11 is 3.15. The molecule has 3 N–H and O–H groups in total. The van der Waals surface area contributed by atoms with Gasteiger partial charge in [0.1, 0.15) is 5.75 Å². The van der Waals surface area contributed by atoms with Crippen LogP contribution in [0.4, 0.5) is 5.69 Å². The van der Waals surface area contributed by atoms with E-state index < -0.39 is 21.5 Å².